The van der Waals surface area contributed by atoms with Gasteiger partial charge in [0, 0.05) is 25.9 Å². The highest BCUT2D eigenvalue weighted by Gasteiger charge is 2.24. The maximum absolute atomic E-state index is 12.1. The first-order valence-corrected chi connectivity index (χ1v) is 7.00. The van der Waals surface area contributed by atoms with Gasteiger partial charge in [0.2, 0.25) is 0 Å². The van der Waals surface area contributed by atoms with Crippen molar-refractivity contribution in [1.29, 1.82) is 0 Å². The van der Waals surface area contributed by atoms with Gasteiger partial charge in [0.15, 0.2) is 0 Å². The zero-order valence-electron chi connectivity index (χ0n) is 12.1. The molecule has 2 rings (SSSR count). The Morgan fingerprint density at radius 1 is 1.50 bits per heavy atom. The zero-order chi connectivity index (χ0) is 14.5. The third-order valence-corrected chi connectivity index (χ3v) is 3.57. The molecule has 5 nitrogen and oxygen atoms in total. The van der Waals surface area contributed by atoms with Crippen LogP contribution in [0, 0.1) is 0 Å². The molecular weight excluding hydrogens is 256 g/mol. The number of benzene rings is 1. The van der Waals surface area contributed by atoms with Crippen molar-refractivity contribution in [3.05, 3.63) is 23.8 Å². The molecule has 1 saturated heterocycles. The van der Waals surface area contributed by atoms with Crippen LogP contribution in [-0.4, -0.2) is 38.9 Å². The number of methoxy groups -OCH3 is 1. The number of ether oxygens (including phenoxy) is 2. The molecule has 1 aromatic rings. The van der Waals surface area contributed by atoms with Crippen LogP contribution in [0.2, 0.25) is 0 Å². The van der Waals surface area contributed by atoms with Crippen molar-refractivity contribution in [2.75, 3.05) is 37.4 Å². The van der Waals surface area contributed by atoms with Crippen LogP contribution in [0.5, 0.6) is 0 Å². The Kier molecular flexibility index (Phi) is 4.84. The van der Waals surface area contributed by atoms with Gasteiger partial charge in [-0.3, -0.25) is 0 Å². The van der Waals surface area contributed by atoms with E-state index in [1.54, 1.807) is 20.1 Å². The number of nitrogen functional groups attached to an aromatic ring is 1. The Morgan fingerprint density at radius 3 is 3.00 bits per heavy atom. The minimum Gasteiger partial charge on any atom is -0.462 e. The Morgan fingerprint density at radius 2 is 2.30 bits per heavy atom. The number of carbonyl (C=O) groups excluding carboxylic acids is 1. The molecule has 110 valence electrons. The van der Waals surface area contributed by atoms with Crippen LogP contribution in [0.4, 0.5) is 11.4 Å². The summed E-state index contributed by atoms with van der Waals surface area (Å²) in [5.41, 5.74) is 7.77. The van der Waals surface area contributed by atoms with Crippen LogP contribution in [0.1, 0.15) is 30.1 Å². The van der Waals surface area contributed by atoms with Crippen molar-refractivity contribution >= 4 is 17.3 Å². The molecule has 1 aromatic carbocycles. The molecule has 0 amide bonds. The van der Waals surface area contributed by atoms with E-state index in [0.29, 0.717) is 17.9 Å². The zero-order valence-corrected chi connectivity index (χ0v) is 12.1. The Balaban J connectivity index is 2.28. The van der Waals surface area contributed by atoms with Crippen molar-refractivity contribution in [1.82, 2.24) is 0 Å². The molecule has 0 radical (unpaired) electrons. The summed E-state index contributed by atoms with van der Waals surface area (Å²) >= 11 is 0. The van der Waals surface area contributed by atoms with E-state index >= 15 is 0 Å². The lowest BCUT2D eigenvalue weighted by atomic mass is 10.0. The molecule has 0 aliphatic carbocycles. The highest BCUT2D eigenvalue weighted by molar-refractivity contribution is 5.97. The number of hydrogen-bond donors (Lipinski definition) is 1. The number of nitrogens with two attached hydrogens (primary N) is 1. The lowest BCUT2D eigenvalue weighted by Gasteiger charge is -2.34. The molecular formula is C15H22N2O3. The average molecular weight is 278 g/mol. The van der Waals surface area contributed by atoms with E-state index in [-0.39, 0.29) is 12.1 Å². The van der Waals surface area contributed by atoms with Crippen molar-refractivity contribution in [2.24, 2.45) is 0 Å². The van der Waals surface area contributed by atoms with Gasteiger partial charge in [-0.25, -0.2) is 4.79 Å². The predicted molar refractivity (Wildman–Crippen MR) is 79.1 cm³/mol. The van der Waals surface area contributed by atoms with Gasteiger partial charge in [-0.15, -0.1) is 0 Å². The maximum Gasteiger partial charge on any atom is 0.340 e. The molecule has 2 N–H and O–H groups in total. The lowest BCUT2D eigenvalue weighted by Crippen LogP contribution is -2.40. The van der Waals surface area contributed by atoms with Gasteiger partial charge in [0.05, 0.1) is 24.0 Å². The molecule has 0 saturated carbocycles. The highest BCUT2D eigenvalue weighted by Crippen LogP contribution is 2.27. The molecule has 20 heavy (non-hydrogen) atoms. The Labute approximate surface area is 119 Å². The second kappa shape index (κ2) is 6.61. The van der Waals surface area contributed by atoms with E-state index in [0.717, 1.165) is 31.6 Å². The third-order valence-electron chi connectivity index (χ3n) is 3.57. The second-order valence-corrected chi connectivity index (χ2v) is 4.94. The van der Waals surface area contributed by atoms with Gasteiger partial charge in [0.1, 0.15) is 0 Å². The van der Waals surface area contributed by atoms with E-state index < -0.39 is 0 Å². The number of esters is 1. The normalized spacial score (nSPS) is 18.9. The molecule has 1 unspecified atom stereocenters. The van der Waals surface area contributed by atoms with E-state index in [2.05, 4.69) is 4.90 Å². The molecule has 1 aliphatic rings. The van der Waals surface area contributed by atoms with Crippen LogP contribution in [0.15, 0.2) is 18.2 Å². The number of hydrogen-bond acceptors (Lipinski definition) is 5. The molecule has 0 bridgehead atoms. The van der Waals surface area contributed by atoms with Gasteiger partial charge < -0.3 is 20.1 Å². The van der Waals surface area contributed by atoms with Gasteiger partial charge >= 0.3 is 5.97 Å². The van der Waals surface area contributed by atoms with E-state index in [9.17, 15) is 4.79 Å². The monoisotopic (exact) mass is 278 g/mol. The van der Waals surface area contributed by atoms with E-state index in [1.807, 2.05) is 12.1 Å². The van der Waals surface area contributed by atoms with Crippen LogP contribution in [0.25, 0.3) is 0 Å². The van der Waals surface area contributed by atoms with E-state index in [1.165, 1.54) is 0 Å². The summed E-state index contributed by atoms with van der Waals surface area (Å²) in [4.78, 5) is 14.2. The molecule has 1 atom stereocenters. The number of rotatable bonds is 4. The summed E-state index contributed by atoms with van der Waals surface area (Å²) < 4.78 is 10.5. The Hall–Kier alpha value is -1.75. The summed E-state index contributed by atoms with van der Waals surface area (Å²) in [7, 11) is 1.73. The van der Waals surface area contributed by atoms with Crippen molar-refractivity contribution in [2.45, 2.75) is 25.9 Å². The fraction of sp³-hybridized carbons (Fsp3) is 0.533. The first-order valence-electron chi connectivity index (χ1n) is 7.00. The number of anilines is 2. The molecule has 0 aromatic heterocycles. The van der Waals surface area contributed by atoms with Crippen LogP contribution in [-0.2, 0) is 9.47 Å². The van der Waals surface area contributed by atoms with Gasteiger partial charge in [0.25, 0.3) is 0 Å². The minimum absolute atomic E-state index is 0.205. The Bertz CT molecular complexity index is 476. The van der Waals surface area contributed by atoms with Crippen LogP contribution < -0.4 is 10.6 Å². The minimum atomic E-state index is -0.325. The smallest absolute Gasteiger partial charge is 0.340 e. The highest BCUT2D eigenvalue weighted by atomic mass is 16.5. The van der Waals surface area contributed by atoms with Crippen molar-refractivity contribution in [3.63, 3.8) is 0 Å². The summed E-state index contributed by atoms with van der Waals surface area (Å²) in [6, 6.07) is 5.39. The van der Waals surface area contributed by atoms with Crippen LogP contribution >= 0.6 is 0 Å². The molecule has 1 heterocycles. The van der Waals surface area contributed by atoms with Crippen molar-refractivity contribution < 1.29 is 14.3 Å². The van der Waals surface area contributed by atoms with Crippen molar-refractivity contribution in [3.8, 4) is 0 Å². The summed E-state index contributed by atoms with van der Waals surface area (Å²) in [6.45, 7) is 3.85. The third kappa shape index (κ3) is 3.22. The first kappa shape index (κ1) is 14.7. The average Bonchev–Trinajstić information content (AvgIpc) is 2.47. The fourth-order valence-electron chi connectivity index (χ4n) is 2.55. The second-order valence-electron chi connectivity index (χ2n) is 4.94. The van der Waals surface area contributed by atoms with Gasteiger partial charge in [-0.1, -0.05) is 0 Å². The molecule has 5 heteroatoms. The van der Waals surface area contributed by atoms with Gasteiger partial charge in [-0.05, 0) is 38.0 Å². The topological polar surface area (TPSA) is 64.8 Å². The lowest BCUT2D eigenvalue weighted by molar-refractivity contribution is 0.0526. The molecule has 1 fully saturated rings. The fourth-order valence-corrected chi connectivity index (χ4v) is 2.55. The largest absolute Gasteiger partial charge is 0.462 e. The summed E-state index contributed by atoms with van der Waals surface area (Å²) in [6.07, 6.45) is 2.30. The van der Waals surface area contributed by atoms with Gasteiger partial charge in [-0.2, -0.15) is 0 Å². The first-order chi connectivity index (χ1) is 9.65. The maximum atomic E-state index is 12.1. The SMILES string of the molecule is CCOC(=O)c1cc(N)ccc1N1CCCC(OC)C1. The number of nitrogens with zero attached hydrogens (tertiary/aromatic N) is 1. The number of piperidine rings is 1. The summed E-state index contributed by atoms with van der Waals surface area (Å²) in [5, 5.41) is 0. The quantitative estimate of drug-likeness (QED) is 0.674. The number of carbonyl (C=O) groups is 1. The molecule has 0 spiro atoms. The predicted octanol–water partition coefficient (Wildman–Crippen LogP) is 2.06. The molecule has 1 aliphatic heterocycles. The standard InChI is InChI=1S/C15H22N2O3/c1-3-20-15(18)13-9-11(16)6-7-14(13)17-8-4-5-12(10-17)19-2/h6-7,9,12H,3-5,8,10,16H2,1-2H3. The van der Waals surface area contributed by atoms with Crippen LogP contribution in [0.3, 0.4) is 0 Å². The summed E-state index contributed by atoms with van der Waals surface area (Å²) in [5.74, 6) is -0.325. The van der Waals surface area contributed by atoms with E-state index in [4.69, 9.17) is 15.2 Å².